The summed E-state index contributed by atoms with van der Waals surface area (Å²) in [6.45, 7) is 0.832. The van der Waals surface area contributed by atoms with E-state index in [0.717, 1.165) is 28.5 Å². The Bertz CT molecular complexity index is 614. The molecule has 8 heteroatoms. The van der Waals surface area contributed by atoms with Crippen LogP contribution in [0.4, 0.5) is 5.69 Å². The molecule has 0 aliphatic heterocycles. The number of benzene rings is 1. The van der Waals surface area contributed by atoms with E-state index in [1.807, 2.05) is 7.05 Å². The molecule has 0 radical (unpaired) electrons. The van der Waals surface area contributed by atoms with Gasteiger partial charge in [0, 0.05) is 24.6 Å². The van der Waals surface area contributed by atoms with Crippen molar-refractivity contribution >= 4 is 17.0 Å². The lowest BCUT2D eigenvalue weighted by molar-refractivity contribution is -0.385. The number of nitro groups is 1. The van der Waals surface area contributed by atoms with E-state index in [-0.39, 0.29) is 11.4 Å². The minimum absolute atomic E-state index is 0.0591. The number of hydrogen-bond acceptors (Lipinski definition) is 7. The summed E-state index contributed by atoms with van der Waals surface area (Å²) in [6.07, 6.45) is 0.804. The molecule has 1 heterocycles. The van der Waals surface area contributed by atoms with Crippen LogP contribution in [0.5, 0.6) is 5.75 Å². The topological polar surface area (TPSA) is 90.2 Å². The molecule has 7 nitrogen and oxygen atoms in total. The Kier molecular flexibility index (Phi) is 4.59. The largest absolute Gasteiger partial charge is 0.490 e. The van der Waals surface area contributed by atoms with E-state index in [0.29, 0.717) is 0 Å². The van der Waals surface area contributed by atoms with Crippen LogP contribution >= 0.6 is 11.3 Å². The third-order valence-corrected chi connectivity index (χ3v) is 3.71. The summed E-state index contributed by atoms with van der Waals surface area (Å²) >= 11 is 1.47. The predicted octanol–water partition coefficient (Wildman–Crippen LogP) is 1.88. The molecule has 1 aromatic carbocycles. The lowest BCUT2D eigenvalue weighted by Crippen LogP contribution is -2.09. The first-order valence-electron chi connectivity index (χ1n) is 5.95. The van der Waals surface area contributed by atoms with Gasteiger partial charge in [-0.05, 0) is 19.2 Å². The summed E-state index contributed by atoms with van der Waals surface area (Å²) in [5.74, 6) is 0.222. The molecule has 0 aliphatic carbocycles. The highest BCUT2D eigenvalue weighted by molar-refractivity contribution is 7.14. The molecule has 0 amide bonds. The second-order valence-corrected chi connectivity index (χ2v) is 5.06. The van der Waals surface area contributed by atoms with Gasteiger partial charge in [0.1, 0.15) is 10.0 Å². The van der Waals surface area contributed by atoms with Crippen LogP contribution in [-0.2, 0) is 6.42 Å². The summed E-state index contributed by atoms with van der Waals surface area (Å²) in [5.41, 5.74) is 0.705. The predicted molar refractivity (Wildman–Crippen MR) is 76.2 cm³/mol. The lowest BCUT2D eigenvalue weighted by Gasteiger charge is -2.02. The van der Waals surface area contributed by atoms with E-state index in [9.17, 15) is 10.1 Å². The summed E-state index contributed by atoms with van der Waals surface area (Å²) < 4.78 is 5.05. The number of ether oxygens (including phenoxy) is 1. The molecule has 0 fully saturated rings. The molecular formula is C12H14N4O3S. The molecule has 0 saturated heterocycles. The van der Waals surface area contributed by atoms with Gasteiger partial charge in [0.15, 0.2) is 5.75 Å². The van der Waals surface area contributed by atoms with Crippen LogP contribution < -0.4 is 10.1 Å². The quantitative estimate of drug-likeness (QED) is 0.646. The van der Waals surface area contributed by atoms with Crippen molar-refractivity contribution in [2.24, 2.45) is 0 Å². The molecule has 2 rings (SSSR count). The zero-order chi connectivity index (χ0) is 14.5. The Balaban J connectivity index is 2.28. The van der Waals surface area contributed by atoms with Gasteiger partial charge in [0.2, 0.25) is 0 Å². The van der Waals surface area contributed by atoms with E-state index >= 15 is 0 Å². The van der Waals surface area contributed by atoms with Crippen LogP contribution in [0.2, 0.25) is 0 Å². The molecule has 0 saturated carbocycles. The maximum absolute atomic E-state index is 10.8. The zero-order valence-corrected chi connectivity index (χ0v) is 11.9. The fraction of sp³-hybridized carbons (Fsp3) is 0.333. The molecule has 0 atom stereocenters. The highest BCUT2D eigenvalue weighted by Crippen LogP contribution is 2.33. The maximum Gasteiger partial charge on any atom is 0.310 e. The zero-order valence-electron chi connectivity index (χ0n) is 11.1. The van der Waals surface area contributed by atoms with Crippen molar-refractivity contribution in [2.45, 2.75) is 6.42 Å². The first-order chi connectivity index (χ1) is 9.65. The summed E-state index contributed by atoms with van der Waals surface area (Å²) in [7, 11) is 3.29. The Hall–Kier alpha value is -2.06. The number of nitro benzene ring substituents is 1. The molecule has 1 aromatic heterocycles. The van der Waals surface area contributed by atoms with E-state index in [1.165, 1.54) is 24.5 Å². The highest BCUT2D eigenvalue weighted by Gasteiger charge is 2.16. The molecule has 106 valence electrons. The molecule has 0 spiro atoms. The number of methoxy groups -OCH3 is 1. The van der Waals surface area contributed by atoms with Crippen LogP contribution in [0.3, 0.4) is 0 Å². The van der Waals surface area contributed by atoms with Crippen LogP contribution in [0.1, 0.15) is 5.01 Å². The first-order valence-corrected chi connectivity index (χ1v) is 6.77. The third-order valence-electron chi connectivity index (χ3n) is 2.68. The van der Waals surface area contributed by atoms with E-state index in [4.69, 9.17) is 4.74 Å². The molecule has 1 N–H and O–H groups in total. The van der Waals surface area contributed by atoms with Crippen molar-refractivity contribution < 1.29 is 9.66 Å². The lowest BCUT2D eigenvalue weighted by atomic mass is 10.2. The average Bonchev–Trinajstić information content (AvgIpc) is 2.93. The third kappa shape index (κ3) is 3.09. The minimum atomic E-state index is -0.471. The molecular weight excluding hydrogens is 280 g/mol. The van der Waals surface area contributed by atoms with Crippen molar-refractivity contribution in [3.05, 3.63) is 33.3 Å². The SMILES string of the molecule is CNCCc1nnc(-c2ccc([N+](=O)[O-])c(OC)c2)s1. The summed E-state index contributed by atoms with van der Waals surface area (Å²) in [6, 6.07) is 4.69. The number of hydrogen-bond donors (Lipinski definition) is 1. The Morgan fingerprint density at radius 3 is 2.90 bits per heavy atom. The smallest absolute Gasteiger partial charge is 0.310 e. The number of likely N-dealkylation sites (N-methyl/N-ethyl adjacent to an activating group) is 1. The summed E-state index contributed by atoms with van der Waals surface area (Å²) in [5, 5.41) is 23.7. The van der Waals surface area contributed by atoms with Crippen molar-refractivity contribution in [3.8, 4) is 16.3 Å². The van der Waals surface area contributed by atoms with Gasteiger partial charge in [-0.25, -0.2) is 0 Å². The fourth-order valence-electron chi connectivity index (χ4n) is 1.66. The fourth-order valence-corrected chi connectivity index (χ4v) is 2.50. The molecule has 0 bridgehead atoms. The van der Waals surface area contributed by atoms with Gasteiger partial charge in [0.05, 0.1) is 12.0 Å². The van der Waals surface area contributed by atoms with Crippen molar-refractivity contribution in [1.82, 2.24) is 15.5 Å². The van der Waals surface area contributed by atoms with Gasteiger partial charge < -0.3 is 10.1 Å². The Morgan fingerprint density at radius 2 is 2.25 bits per heavy atom. The van der Waals surface area contributed by atoms with Crippen LogP contribution in [0.15, 0.2) is 18.2 Å². The van der Waals surface area contributed by atoms with Crippen molar-refractivity contribution in [2.75, 3.05) is 20.7 Å². The standard InChI is InChI=1S/C12H14N4O3S/c1-13-6-5-11-14-15-12(20-11)8-3-4-9(16(17)18)10(7-8)19-2/h3-4,7,13H,5-6H2,1-2H3. The van der Waals surface area contributed by atoms with Crippen molar-refractivity contribution in [3.63, 3.8) is 0 Å². The first kappa shape index (κ1) is 14.4. The second kappa shape index (κ2) is 6.40. The molecule has 0 unspecified atom stereocenters. The van der Waals surface area contributed by atoms with E-state index in [1.54, 1.807) is 12.1 Å². The van der Waals surface area contributed by atoms with E-state index < -0.39 is 4.92 Å². The van der Waals surface area contributed by atoms with Gasteiger partial charge in [-0.2, -0.15) is 0 Å². The summed E-state index contributed by atoms with van der Waals surface area (Å²) in [4.78, 5) is 10.4. The van der Waals surface area contributed by atoms with E-state index in [2.05, 4.69) is 15.5 Å². The van der Waals surface area contributed by atoms with Gasteiger partial charge >= 0.3 is 5.69 Å². The van der Waals surface area contributed by atoms with Gasteiger partial charge in [-0.3, -0.25) is 10.1 Å². The molecule has 20 heavy (non-hydrogen) atoms. The van der Waals surface area contributed by atoms with Gasteiger partial charge in [-0.15, -0.1) is 10.2 Å². The second-order valence-electron chi connectivity index (χ2n) is 4.00. The molecule has 2 aromatic rings. The monoisotopic (exact) mass is 294 g/mol. The van der Waals surface area contributed by atoms with Gasteiger partial charge in [0.25, 0.3) is 0 Å². The molecule has 0 aliphatic rings. The minimum Gasteiger partial charge on any atom is -0.490 e. The number of aromatic nitrogens is 2. The van der Waals surface area contributed by atoms with Crippen LogP contribution in [0, 0.1) is 10.1 Å². The Labute approximate surface area is 119 Å². The average molecular weight is 294 g/mol. The number of rotatable bonds is 6. The van der Waals surface area contributed by atoms with Gasteiger partial charge in [-0.1, -0.05) is 11.3 Å². The Morgan fingerprint density at radius 1 is 1.45 bits per heavy atom. The van der Waals surface area contributed by atoms with Crippen molar-refractivity contribution in [1.29, 1.82) is 0 Å². The number of nitrogens with zero attached hydrogens (tertiary/aromatic N) is 3. The normalized spacial score (nSPS) is 10.5. The highest BCUT2D eigenvalue weighted by atomic mass is 32.1. The maximum atomic E-state index is 10.8. The van der Waals surface area contributed by atoms with Crippen LogP contribution in [0.25, 0.3) is 10.6 Å². The van der Waals surface area contributed by atoms with Crippen LogP contribution in [-0.4, -0.2) is 35.8 Å². The number of nitrogens with one attached hydrogen (secondary N) is 1.